The van der Waals surface area contributed by atoms with E-state index in [0.717, 1.165) is 71.7 Å². The lowest BCUT2D eigenvalue weighted by Gasteiger charge is -2.10. The van der Waals surface area contributed by atoms with Gasteiger partial charge in [0, 0.05) is 43.8 Å². The van der Waals surface area contributed by atoms with Crippen LogP contribution in [0.15, 0.2) is 173 Å². The molecule has 3 aromatic heterocycles. The molecule has 0 amide bonds. The number of furan rings is 2. The van der Waals surface area contributed by atoms with Gasteiger partial charge in [0.15, 0.2) is 17.5 Å². The first-order valence-electron chi connectivity index (χ1n) is 18.1. The van der Waals surface area contributed by atoms with Crippen molar-refractivity contribution in [1.29, 1.82) is 0 Å². The molecular formula is C49H27N3O2. The molecule has 1 aliphatic rings. The standard InChI is InChI=1S/C49H27N3O2/c1-2-12-28(13-3-1)47-50-48(38-21-10-24-41-44(38)36-16-6-7-23-40(36)53-41)52-49(51-47)39-22-11-25-42-45(39)37-20-9-19-35(46(37)54-42)31-26-27-34-30-15-5-4-14-29(30)32-17-8-18-33(31)43(32)34/h1-27H. The Labute approximate surface area is 308 Å². The third kappa shape index (κ3) is 4.12. The number of rotatable bonds is 4. The summed E-state index contributed by atoms with van der Waals surface area (Å²) in [6, 6.07) is 56.6. The maximum Gasteiger partial charge on any atom is 0.164 e. The maximum absolute atomic E-state index is 6.83. The van der Waals surface area contributed by atoms with Gasteiger partial charge in [-0.25, -0.2) is 15.0 Å². The smallest absolute Gasteiger partial charge is 0.164 e. The maximum atomic E-state index is 6.83. The molecule has 1 aliphatic carbocycles. The molecule has 0 N–H and O–H groups in total. The van der Waals surface area contributed by atoms with Crippen molar-refractivity contribution >= 4 is 54.6 Å². The second-order valence-corrected chi connectivity index (χ2v) is 13.8. The van der Waals surface area contributed by atoms with E-state index in [0.29, 0.717) is 17.5 Å². The van der Waals surface area contributed by atoms with Gasteiger partial charge in [0.25, 0.3) is 0 Å². The molecule has 0 unspecified atom stereocenters. The van der Waals surface area contributed by atoms with Gasteiger partial charge in [0.05, 0.1) is 0 Å². The Bertz CT molecular complexity index is 3310. The van der Waals surface area contributed by atoms with E-state index in [4.69, 9.17) is 23.8 Å². The molecule has 11 aromatic rings. The third-order valence-electron chi connectivity index (χ3n) is 10.9. The van der Waals surface area contributed by atoms with Crippen LogP contribution in [0.2, 0.25) is 0 Å². The summed E-state index contributed by atoms with van der Waals surface area (Å²) in [5, 5.41) is 6.48. The summed E-state index contributed by atoms with van der Waals surface area (Å²) in [6.07, 6.45) is 0. The summed E-state index contributed by atoms with van der Waals surface area (Å²) in [7, 11) is 0. The minimum atomic E-state index is 0.575. The van der Waals surface area contributed by atoms with Gasteiger partial charge in [0.1, 0.15) is 22.3 Å². The number of hydrogen-bond donors (Lipinski definition) is 0. The summed E-state index contributed by atoms with van der Waals surface area (Å²) < 4.78 is 13.1. The molecule has 5 heteroatoms. The van der Waals surface area contributed by atoms with Crippen LogP contribution in [0, 0.1) is 0 Å². The SMILES string of the molecule is c1ccc(-c2nc(-c3cccc4oc5ccccc5c34)nc(-c3cccc4oc5c(-c6ccc7c8c(cccc68)-c6ccccc6-7)cccc5c34)n2)cc1. The Kier molecular flexibility index (Phi) is 5.99. The summed E-state index contributed by atoms with van der Waals surface area (Å²) in [5.41, 5.74) is 13.2. The molecule has 8 aromatic carbocycles. The van der Waals surface area contributed by atoms with Crippen LogP contribution in [-0.2, 0) is 0 Å². The summed E-state index contributed by atoms with van der Waals surface area (Å²) >= 11 is 0. The Balaban J connectivity index is 1.10. The molecule has 250 valence electrons. The van der Waals surface area contributed by atoms with E-state index < -0.39 is 0 Å². The van der Waals surface area contributed by atoms with Gasteiger partial charge < -0.3 is 8.83 Å². The number of benzene rings is 8. The Morgan fingerprint density at radius 3 is 1.56 bits per heavy atom. The van der Waals surface area contributed by atoms with Gasteiger partial charge in [-0.2, -0.15) is 0 Å². The summed E-state index contributed by atoms with van der Waals surface area (Å²) in [4.78, 5) is 15.5. The number of para-hydroxylation sites is 2. The highest BCUT2D eigenvalue weighted by Gasteiger charge is 2.25. The van der Waals surface area contributed by atoms with Gasteiger partial charge in [-0.3, -0.25) is 0 Å². The zero-order valence-corrected chi connectivity index (χ0v) is 28.7. The van der Waals surface area contributed by atoms with E-state index in [1.807, 2.05) is 72.8 Å². The van der Waals surface area contributed by atoms with Crippen LogP contribution in [0.3, 0.4) is 0 Å². The molecule has 0 atom stereocenters. The molecule has 0 saturated carbocycles. The van der Waals surface area contributed by atoms with E-state index in [1.165, 1.54) is 33.0 Å². The fourth-order valence-electron chi connectivity index (χ4n) is 8.58. The van der Waals surface area contributed by atoms with Crippen LogP contribution in [0.25, 0.3) is 122 Å². The Hall–Kier alpha value is -7.37. The molecule has 5 nitrogen and oxygen atoms in total. The average Bonchev–Trinajstić information content (AvgIpc) is 3.92. The molecule has 3 heterocycles. The number of nitrogens with zero attached hydrogens (tertiary/aromatic N) is 3. The lowest BCUT2D eigenvalue weighted by molar-refractivity contribution is 0.669. The van der Waals surface area contributed by atoms with E-state index in [-0.39, 0.29) is 0 Å². The Morgan fingerprint density at radius 1 is 0.278 bits per heavy atom. The highest BCUT2D eigenvalue weighted by atomic mass is 16.3. The first-order valence-corrected chi connectivity index (χ1v) is 18.1. The molecule has 0 radical (unpaired) electrons. The van der Waals surface area contributed by atoms with Gasteiger partial charge in [0.2, 0.25) is 0 Å². The fourth-order valence-corrected chi connectivity index (χ4v) is 8.58. The van der Waals surface area contributed by atoms with Crippen LogP contribution >= 0.6 is 0 Å². The molecule has 0 saturated heterocycles. The van der Waals surface area contributed by atoms with Gasteiger partial charge in [-0.15, -0.1) is 0 Å². The first kappa shape index (κ1) is 29.2. The number of aromatic nitrogens is 3. The van der Waals surface area contributed by atoms with Crippen LogP contribution in [0.1, 0.15) is 0 Å². The zero-order chi connectivity index (χ0) is 35.3. The predicted molar refractivity (Wildman–Crippen MR) is 218 cm³/mol. The normalized spacial score (nSPS) is 12.1. The second-order valence-electron chi connectivity index (χ2n) is 13.8. The highest BCUT2D eigenvalue weighted by Crippen LogP contribution is 2.50. The Morgan fingerprint density at radius 2 is 0.778 bits per heavy atom. The van der Waals surface area contributed by atoms with Crippen molar-refractivity contribution in [2.75, 3.05) is 0 Å². The van der Waals surface area contributed by atoms with Crippen LogP contribution in [-0.4, -0.2) is 15.0 Å². The second kappa shape index (κ2) is 11.1. The van der Waals surface area contributed by atoms with Crippen molar-refractivity contribution in [3.05, 3.63) is 164 Å². The van der Waals surface area contributed by atoms with E-state index in [9.17, 15) is 0 Å². The third-order valence-corrected chi connectivity index (χ3v) is 10.9. The minimum absolute atomic E-state index is 0.575. The molecule has 0 aliphatic heterocycles. The zero-order valence-electron chi connectivity index (χ0n) is 28.7. The molecule has 0 fully saturated rings. The molecule has 0 bridgehead atoms. The summed E-state index contributed by atoms with van der Waals surface area (Å²) in [6.45, 7) is 0. The largest absolute Gasteiger partial charge is 0.456 e. The topological polar surface area (TPSA) is 65.0 Å². The van der Waals surface area contributed by atoms with Gasteiger partial charge >= 0.3 is 0 Å². The van der Waals surface area contributed by atoms with Crippen molar-refractivity contribution in [3.8, 4) is 67.5 Å². The first-order chi connectivity index (χ1) is 26.8. The van der Waals surface area contributed by atoms with E-state index in [1.54, 1.807) is 0 Å². The number of fused-ring (bicyclic) bond motifs is 9. The van der Waals surface area contributed by atoms with Crippen molar-refractivity contribution < 1.29 is 8.83 Å². The predicted octanol–water partition coefficient (Wildman–Crippen LogP) is 13.1. The lowest BCUT2D eigenvalue weighted by atomic mass is 9.93. The molecular weight excluding hydrogens is 663 g/mol. The van der Waals surface area contributed by atoms with Crippen LogP contribution in [0.4, 0.5) is 0 Å². The van der Waals surface area contributed by atoms with Crippen molar-refractivity contribution in [2.24, 2.45) is 0 Å². The van der Waals surface area contributed by atoms with E-state index >= 15 is 0 Å². The van der Waals surface area contributed by atoms with Crippen molar-refractivity contribution in [2.45, 2.75) is 0 Å². The number of hydrogen-bond acceptors (Lipinski definition) is 5. The minimum Gasteiger partial charge on any atom is -0.456 e. The van der Waals surface area contributed by atoms with Gasteiger partial charge in [-0.1, -0.05) is 146 Å². The molecule has 0 spiro atoms. The van der Waals surface area contributed by atoms with Crippen LogP contribution < -0.4 is 0 Å². The van der Waals surface area contributed by atoms with Gasteiger partial charge in [-0.05, 0) is 56.8 Å². The summed E-state index contributed by atoms with van der Waals surface area (Å²) in [5.74, 6) is 1.75. The van der Waals surface area contributed by atoms with Crippen molar-refractivity contribution in [3.63, 3.8) is 0 Å². The molecule has 54 heavy (non-hydrogen) atoms. The molecule has 12 rings (SSSR count). The fraction of sp³-hybridized carbons (Fsp3) is 0. The van der Waals surface area contributed by atoms with Crippen molar-refractivity contribution in [1.82, 2.24) is 15.0 Å². The quantitative estimate of drug-likeness (QED) is 0.184. The average molecular weight is 690 g/mol. The van der Waals surface area contributed by atoms with Crippen LogP contribution in [0.5, 0.6) is 0 Å². The monoisotopic (exact) mass is 689 g/mol. The lowest BCUT2D eigenvalue weighted by Crippen LogP contribution is -2.00. The highest BCUT2D eigenvalue weighted by molar-refractivity contribution is 6.21. The van der Waals surface area contributed by atoms with E-state index in [2.05, 4.69) is 91.0 Å².